The summed E-state index contributed by atoms with van der Waals surface area (Å²) in [4.78, 5) is 0. The number of benzene rings is 2. The molecule has 0 heterocycles. The third-order valence-corrected chi connectivity index (χ3v) is 4.22. The Balaban J connectivity index is 1.80. The summed E-state index contributed by atoms with van der Waals surface area (Å²) in [5, 5.41) is 12.6. The van der Waals surface area contributed by atoms with Gasteiger partial charge >= 0.3 is 0 Å². The molecule has 0 bridgehead atoms. The van der Waals surface area contributed by atoms with Crippen LogP contribution in [0.4, 0.5) is 4.39 Å². The summed E-state index contributed by atoms with van der Waals surface area (Å²) in [5.74, 6) is 0.0765. The molecule has 2 aromatic rings. The SMILES string of the molecule is CC(CCc1ccc(O)cc1)NCc1cc(F)ccc1Br. The summed E-state index contributed by atoms with van der Waals surface area (Å²) >= 11 is 3.43. The predicted molar refractivity (Wildman–Crippen MR) is 86.8 cm³/mol. The van der Waals surface area contributed by atoms with Crippen LogP contribution in [0.3, 0.4) is 0 Å². The van der Waals surface area contributed by atoms with Crippen LogP contribution in [0.15, 0.2) is 46.9 Å². The van der Waals surface area contributed by atoms with Gasteiger partial charge in [0.1, 0.15) is 11.6 Å². The summed E-state index contributed by atoms with van der Waals surface area (Å²) in [6, 6.07) is 12.3. The number of phenols is 1. The van der Waals surface area contributed by atoms with E-state index in [1.54, 1.807) is 24.3 Å². The van der Waals surface area contributed by atoms with Crippen molar-refractivity contribution in [3.8, 4) is 5.75 Å². The van der Waals surface area contributed by atoms with E-state index in [0.717, 1.165) is 22.9 Å². The fourth-order valence-electron chi connectivity index (χ4n) is 2.11. The highest BCUT2D eigenvalue weighted by molar-refractivity contribution is 9.10. The number of aromatic hydroxyl groups is 1. The van der Waals surface area contributed by atoms with Crippen LogP contribution in [0.25, 0.3) is 0 Å². The largest absolute Gasteiger partial charge is 0.508 e. The van der Waals surface area contributed by atoms with Crippen molar-refractivity contribution in [2.45, 2.75) is 32.4 Å². The molecule has 2 aromatic carbocycles. The van der Waals surface area contributed by atoms with E-state index < -0.39 is 0 Å². The van der Waals surface area contributed by atoms with E-state index in [4.69, 9.17) is 0 Å². The molecule has 1 atom stereocenters. The van der Waals surface area contributed by atoms with Gasteiger partial charge in [0.25, 0.3) is 0 Å². The molecule has 0 radical (unpaired) electrons. The Morgan fingerprint density at radius 1 is 1.19 bits per heavy atom. The van der Waals surface area contributed by atoms with E-state index in [2.05, 4.69) is 28.2 Å². The molecule has 21 heavy (non-hydrogen) atoms. The molecule has 0 aliphatic rings. The van der Waals surface area contributed by atoms with Crippen LogP contribution in [0, 0.1) is 5.82 Å². The molecule has 0 spiro atoms. The van der Waals surface area contributed by atoms with Crippen LogP contribution in [0.2, 0.25) is 0 Å². The smallest absolute Gasteiger partial charge is 0.123 e. The molecule has 0 aliphatic carbocycles. The van der Waals surface area contributed by atoms with Crippen molar-refractivity contribution in [2.75, 3.05) is 0 Å². The highest BCUT2D eigenvalue weighted by Gasteiger charge is 2.06. The summed E-state index contributed by atoms with van der Waals surface area (Å²) < 4.78 is 14.1. The Kier molecular flexibility index (Phi) is 5.76. The number of nitrogens with one attached hydrogen (secondary N) is 1. The van der Waals surface area contributed by atoms with E-state index in [9.17, 15) is 9.50 Å². The minimum Gasteiger partial charge on any atom is -0.508 e. The normalized spacial score (nSPS) is 12.3. The van der Waals surface area contributed by atoms with Crippen molar-refractivity contribution in [2.24, 2.45) is 0 Å². The molecular formula is C17H19BrFNO. The zero-order valence-electron chi connectivity index (χ0n) is 11.9. The first-order chi connectivity index (χ1) is 10.0. The second-order valence-electron chi connectivity index (χ2n) is 5.22. The first-order valence-electron chi connectivity index (χ1n) is 7.00. The van der Waals surface area contributed by atoms with Gasteiger partial charge in [-0.05, 0) is 61.2 Å². The average molecular weight is 352 g/mol. The van der Waals surface area contributed by atoms with Crippen LogP contribution in [-0.2, 0) is 13.0 Å². The van der Waals surface area contributed by atoms with Gasteiger partial charge in [-0.15, -0.1) is 0 Å². The molecule has 0 aliphatic heterocycles. The number of hydrogen-bond donors (Lipinski definition) is 2. The van der Waals surface area contributed by atoms with Crippen LogP contribution in [0.1, 0.15) is 24.5 Å². The van der Waals surface area contributed by atoms with Gasteiger partial charge in [0.05, 0.1) is 0 Å². The van der Waals surface area contributed by atoms with E-state index in [1.807, 2.05) is 12.1 Å². The van der Waals surface area contributed by atoms with Crippen molar-refractivity contribution < 1.29 is 9.50 Å². The molecular weight excluding hydrogens is 333 g/mol. The second-order valence-corrected chi connectivity index (χ2v) is 6.08. The highest BCUT2D eigenvalue weighted by Crippen LogP contribution is 2.18. The van der Waals surface area contributed by atoms with Gasteiger partial charge in [0.2, 0.25) is 0 Å². The van der Waals surface area contributed by atoms with E-state index in [1.165, 1.54) is 11.6 Å². The molecule has 0 fully saturated rings. The Morgan fingerprint density at radius 3 is 2.62 bits per heavy atom. The Labute approximate surface area is 133 Å². The lowest BCUT2D eigenvalue weighted by atomic mass is 10.1. The van der Waals surface area contributed by atoms with Crippen LogP contribution < -0.4 is 5.32 Å². The predicted octanol–water partition coefficient (Wildman–Crippen LogP) is 4.40. The molecule has 0 amide bonds. The summed E-state index contributed by atoms with van der Waals surface area (Å²) in [7, 11) is 0. The van der Waals surface area contributed by atoms with Crippen molar-refractivity contribution in [1.82, 2.24) is 5.32 Å². The number of phenolic OH excluding ortho intramolecular Hbond substituents is 1. The summed E-state index contributed by atoms with van der Waals surface area (Å²) in [6.07, 6.45) is 1.93. The molecule has 0 saturated heterocycles. The van der Waals surface area contributed by atoms with E-state index in [-0.39, 0.29) is 5.82 Å². The maximum Gasteiger partial charge on any atom is 0.123 e. The number of hydrogen-bond acceptors (Lipinski definition) is 2. The molecule has 1 unspecified atom stereocenters. The zero-order valence-corrected chi connectivity index (χ0v) is 13.5. The molecule has 4 heteroatoms. The highest BCUT2D eigenvalue weighted by atomic mass is 79.9. The molecule has 112 valence electrons. The minimum absolute atomic E-state index is 0.216. The van der Waals surface area contributed by atoms with Crippen molar-refractivity contribution in [3.05, 3.63) is 63.9 Å². The van der Waals surface area contributed by atoms with Gasteiger partial charge in [0.15, 0.2) is 0 Å². The van der Waals surface area contributed by atoms with Crippen molar-refractivity contribution >= 4 is 15.9 Å². The second kappa shape index (κ2) is 7.57. The Morgan fingerprint density at radius 2 is 1.90 bits per heavy atom. The minimum atomic E-state index is -0.216. The average Bonchev–Trinajstić information content (AvgIpc) is 2.47. The van der Waals surface area contributed by atoms with Crippen molar-refractivity contribution in [1.29, 1.82) is 0 Å². The first kappa shape index (κ1) is 16.0. The van der Waals surface area contributed by atoms with Crippen LogP contribution in [0.5, 0.6) is 5.75 Å². The topological polar surface area (TPSA) is 32.3 Å². The van der Waals surface area contributed by atoms with Crippen LogP contribution in [-0.4, -0.2) is 11.1 Å². The first-order valence-corrected chi connectivity index (χ1v) is 7.79. The van der Waals surface area contributed by atoms with Gasteiger partial charge in [0, 0.05) is 17.1 Å². The monoisotopic (exact) mass is 351 g/mol. The van der Waals surface area contributed by atoms with E-state index >= 15 is 0 Å². The quantitative estimate of drug-likeness (QED) is 0.807. The maximum atomic E-state index is 13.2. The molecule has 0 aromatic heterocycles. The zero-order chi connectivity index (χ0) is 15.2. The molecule has 2 rings (SSSR count). The van der Waals surface area contributed by atoms with Crippen molar-refractivity contribution in [3.63, 3.8) is 0 Å². The van der Waals surface area contributed by atoms with Gasteiger partial charge in [-0.3, -0.25) is 0 Å². The fraction of sp³-hybridized carbons (Fsp3) is 0.294. The lowest BCUT2D eigenvalue weighted by Crippen LogP contribution is -2.26. The number of rotatable bonds is 6. The third kappa shape index (κ3) is 5.14. The van der Waals surface area contributed by atoms with E-state index in [0.29, 0.717) is 18.3 Å². The standard InChI is InChI=1S/C17H19BrFNO/c1-12(2-3-13-4-7-16(21)8-5-13)20-11-14-10-15(19)6-9-17(14)18/h4-10,12,20-21H,2-3,11H2,1H3. The molecule has 0 saturated carbocycles. The summed E-state index contributed by atoms with van der Waals surface area (Å²) in [6.45, 7) is 2.75. The fourth-order valence-corrected chi connectivity index (χ4v) is 2.50. The van der Waals surface area contributed by atoms with Crippen LogP contribution >= 0.6 is 15.9 Å². The van der Waals surface area contributed by atoms with Gasteiger partial charge in [-0.2, -0.15) is 0 Å². The lowest BCUT2D eigenvalue weighted by Gasteiger charge is -2.14. The molecule has 2 nitrogen and oxygen atoms in total. The summed E-state index contributed by atoms with van der Waals surface area (Å²) in [5.41, 5.74) is 2.12. The lowest BCUT2D eigenvalue weighted by molar-refractivity contribution is 0.474. The van der Waals surface area contributed by atoms with Gasteiger partial charge < -0.3 is 10.4 Å². The third-order valence-electron chi connectivity index (χ3n) is 3.45. The maximum absolute atomic E-state index is 13.2. The Bertz CT molecular complexity index is 586. The number of halogens is 2. The van der Waals surface area contributed by atoms with Gasteiger partial charge in [-0.1, -0.05) is 28.1 Å². The Hall–Kier alpha value is -1.39. The molecule has 2 N–H and O–H groups in total. The number of aryl methyl sites for hydroxylation is 1. The van der Waals surface area contributed by atoms with Gasteiger partial charge in [-0.25, -0.2) is 4.39 Å².